The summed E-state index contributed by atoms with van der Waals surface area (Å²) in [4.78, 5) is 10.3. The van der Waals surface area contributed by atoms with Crippen molar-refractivity contribution >= 4 is 18.6 Å². The van der Waals surface area contributed by atoms with Crippen LogP contribution in [0.5, 0.6) is 0 Å². The third kappa shape index (κ3) is 6.23. The maximum absolute atomic E-state index is 10.3. The van der Waals surface area contributed by atoms with Gasteiger partial charge in [-0.3, -0.25) is 4.79 Å². The summed E-state index contributed by atoms with van der Waals surface area (Å²) in [7, 11) is 0. The largest absolute Gasteiger partial charge is 0.480 e. The van der Waals surface area contributed by atoms with E-state index in [0.29, 0.717) is 6.42 Å². The molecule has 3 heteroatoms. The summed E-state index contributed by atoms with van der Waals surface area (Å²) in [6, 6.07) is 0. The zero-order valence-electron chi connectivity index (χ0n) is 6.92. The molecule has 0 rings (SSSR count). The first-order valence-corrected chi connectivity index (χ1v) is 4.61. The van der Waals surface area contributed by atoms with Gasteiger partial charge in [-0.1, -0.05) is 32.6 Å². The number of hydrogen-bond donors (Lipinski definition) is 2. The average Bonchev–Trinajstić information content (AvgIpc) is 1.97. The highest BCUT2D eigenvalue weighted by Crippen LogP contribution is 2.09. The first kappa shape index (κ1) is 10.8. The molecule has 0 radical (unpaired) electrons. The van der Waals surface area contributed by atoms with Crippen molar-refractivity contribution in [3.05, 3.63) is 0 Å². The van der Waals surface area contributed by atoms with Crippen LogP contribution in [0.1, 0.15) is 39.0 Å². The van der Waals surface area contributed by atoms with Crippen LogP contribution in [0, 0.1) is 0 Å². The summed E-state index contributed by atoms with van der Waals surface area (Å²) in [6.45, 7) is 2.13. The molecule has 0 saturated heterocycles. The monoisotopic (exact) mass is 176 g/mol. The molecule has 0 heterocycles. The van der Waals surface area contributed by atoms with Crippen LogP contribution >= 0.6 is 12.6 Å². The van der Waals surface area contributed by atoms with Gasteiger partial charge in [0, 0.05) is 0 Å². The van der Waals surface area contributed by atoms with Crippen LogP contribution in [0.25, 0.3) is 0 Å². The van der Waals surface area contributed by atoms with Gasteiger partial charge in [-0.05, 0) is 6.42 Å². The Morgan fingerprint density at radius 1 is 1.45 bits per heavy atom. The summed E-state index contributed by atoms with van der Waals surface area (Å²) >= 11 is 3.93. The van der Waals surface area contributed by atoms with Crippen molar-refractivity contribution < 1.29 is 9.90 Å². The fourth-order valence-corrected chi connectivity index (χ4v) is 1.07. The zero-order chi connectivity index (χ0) is 8.69. The molecular formula is C8H16O2S. The minimum Gasteiger partial charge on any atom is -0.480 e. The lowest BCUT2D eigenvalue weighted by Crippen LogP contribution is -2.12. The molecule has 0 fully saturated rings. The maximum atomic E-state index is 10.3. The maximum Gasteiger partial charge on any atom is 0.316 e. The van der Waals surface area contributed by atoms with Gasteiger partial charge >= 0.3 is 5.97 Å². The Hall–Kier alpha value is -0.180. The van der Waals surface area contributed by atoms with Crippen LogP contribution in [0.3, 0.4) is 0 Å². The molecule has 0 saturated carbocycles. The fraction of sp³-hybridized carbons (Fsp3) is 0.875. The number of carboxylic acids is 1. The molecule has 0 aliphatic carbocycles. The van der Waals surface area contributed by atoms with Crippen molar-refractivity contribution in [2.75, 3.05) is 0 Å². The minimum absolute atomic E-state index is 0.466. The molecule has 0 unspecified atom stereocenters. The molecule has 0 aromatic carbocycles. The van der Waals surface area contributed by atoms with Crippen molar-refractivity contribution in [1.82, 2.24) is 0 Å². The van der Waals surface area contributed by atoms with Crippen molar-refractivity contribution in [3.63, 3.8) is 0 Å². The Morgan fingerprint density at radius 2 is 2.09 bits per heavy atom. The average molecular weight is 176 g/mol. The summed E-state index contributed by atoms with van der Waals surface area (Å²) in [5, 5.41) is 8.00. The second-order valence-electron chi connectivity index (χ2n) is 2.70. The summed E-state index contributed by atoms with van der Waals surface area (Å²) in [6.07, 6.45) is 5.18. The van der Waals surface area contributed by atoms with Crippen molar-refractivity contribution in [2.24, 2.45) is 0 Å². The quantitative estimate of drug-likeness (QED) is 0.481. The summed E-state index contributed by atoms with van der Waals surface area (Å²) in [5.41, 5.74) is 0. The minimum atomic E-state index is -0.801. The summed E-state index contributed by atoms with van der Waals surface area (Å²) in [5.74, 6) is -0.801. The molecule has 2 nitrogen and oxygen atoms in total. The predicted octanol–water partition coefficient (Wildman–Crippen LogP) is 2.34. The highest BCUT2D eigenvalue weighted by Gasteiger charge is 2.09. The van der Waals surface area contributed by atoms with Crippen LogP contribution in [0.4, 0.5) is 0 Å². The van der Waals surface area contributed by atoms with Gasteiger partial charge in [-0.2, -0.15) is 12.6 Å². The third-order valence-corrected chi connectivity index (χ3v) is 2.10. The smallest absolute Gasteiger partial charge is 0.316 e. The van der Waals surface area contributed by atoms with Gasteiger partial charge in [0.15, 0.2) is 0 Å². The van der Waals surface area contributed by atoms with Gasteiger partial charge in [-0.15, -0.1) is 0 Å². The topological polar surface area (TPSA) is 37.3 Å². The molecule has 0 aromatic heterocycles. The Morgan fingerprint density at radius 3 is 2.55 bits per heavy atom. The number of unbranched alkanes of at least 4 members (excludes halogenated alkanes) is 3. The Balaban J connectivity index is 3.17. The second kappa shape index (κ2) is 6.53. The van der Waals surface area contributed by atoms with Gasteiger partial charge in [0.2, 0.25) is 0 Å². The standard InChI is InChI=1S/C8H16O2S/c1-2-3-4-5-6-7(11)8(9)10/h7,11H,2-6H2,1H3,(H,9,10)/t7-/m1/s1. The zero-order valence-corrected chi connectivity index (χ0v) is 7.81. The van der Waals surface area contributed by atoms with Crippen molar-refractivity contribution in [2.45, 2.75) is 44.3 Å². The van der Waals surface area contributed by atoms with E-state index in [4.69, 9.17) is 5.11 Å². The predicted molar refractivity (Wildman–Crippen MR) is 49.2 cm³/mol. The lowest BCUT2D eigenvalue weighted by molar-refractivity contribution is -0.136. The highest BCUT2D eigenvalue weighted by atomic mass is 32.1. The van der Waals surface area contributed by atoms with E-state index in [1.807, 2.05) is 0 Å². The molecule has 0 spiro atoms. The van der Waals surface area contributed by atoms with Crippen LogP contribution in [-0.2, 0) is 4.79 Å². The van der Waals surface area contributed by atoms with Crippen molar-refractivity contribution in [3.8, 4) is 0 Å². The van der Waals surface area contributed by atoms with E-state index in [1.54, 1.807) is 0 Å². The third-order valence-electron chi connectivity index (χ3n) is 1.62. The van der Waals surface area contributed by atoms with E-state index in [-0.39, 0.29) is 0 Å². The molecule has 0 bridgehead atoms. The van der Waals surface area contributed by atoms with Crippen molar-refractivity contribution in [1.29, 1.82) is 0 Å². The van der Waals surface area contributed by atoms with Gasteiger partial charge in [0.25, 0.3) is 0 Å². The van der Waals surface area contributed by atoms with Crippen LogP contribution < -0.4 is 0 Å². The van der Waals surface area contributed by atoms with Gasteiger partial charge < -0.3 is 5.11 Å². The molecule has 1 N–H and O–H groups in total. The SMILES string of the molecule is CCCCCC[C@@H](S)C(=O)O. The molecule has 66 valence electrons. The fourth-order valence-electron chi connectivity index (χ4n) is 0.888. The van der Waals surface area contributed by atoms with E-state index in [2.05, 4.69) is 19.6 Å². The Kier molecular flexibility index (Phi) is 6.42. The molecule has 0 aromatic rings. The van der Waals surface area contributed by atoms with Gasteiger partial charge in [0.1, 0.15) is 0 Å². The van der Waals surface area contributed by atoms with E-state index < -0.39 is 11.2 Å². The molecule has 1 atom stereocenters. The molecule has 0 aliphatic heterocycles. The highest BCUT2D eigenvalue weighted by molar-refractivity contribution is 7.81. The van der Waals surface area contributed by atoms with E-state index in [9.17, 15) is 4.79 Å². The number of carbonyl (C=O) groups is 1. The normalized spacial score (nSPS) is 12.9. The second-order valence-corrected chi connectivity index (χ2v) is 3.33. The van der Waals surface area contributed by atoms with Crippen LogP contribution in [-0.4, -0.2) is 16.3 Å². The van der Waals surface area contributed by atoms with Gasteiger partial charge in [0.05, 0.1) is 5.25 Å². The Bertz CT molecular complexity index is 115. The lowest BCUT2D eigenvalue weighted by atomic mass is 10.1. The van der Waals surface area contributed by atoms with E-state index in [0.717, 1.165) is 12.8 Å². The number of carboxylic acid groups (broad SMARTS) is 1. The molecule has 0 aliphatic rings. The molecular weight excluding hydrogens is 160 g/mol. The number of thiol groups is 1. The number of rotatable bonds is 6. The van der Waals surface area contributed by atoms with E-state index in [1.165, 1.54) is 12.8 Å². The van der Waals surface area contributed by atoms with E-state index >= 15 is 0 Å². The number of aliphatic carboxylic acids is 1. The number of hydrogen-bond acceptors (Lipinski definition) is 2. The first-order valence-electron chi connectivity index (χ1n) is 4.09. The Labute approximate surface area is 73.4 Å². The summed E-state index contributed by atoms with van der Waals surface area (Å²) < 4.78 is 0. The first-order chi connectivity index (χ1) is 5.18. The van der Waals surface area contributed by atoms with Crippen LogP contribution in [0.2, 0.25) is 0 Å². The lowest BCUT2D eigenvalue weighted by Gasteiger charge is -2.03. The molecule has 0 amide bonds. The van der Waals surface area contributed by atoms with Crippen LogP contribution in [0.15, 0.2) is 0 Å². The molecule has 11 heavy (non-hydrogen) atoms. The van der Waals surface area contributed by atoms with Gasteiger partial charge in [-0.25, -0.2) is 0 Å².